The van der Waals surface area contributed by atoms with Gasteiger partial charge in [-0.05, 0) is 24.5 Å². The molecule has 0 unspecified atom stereocenters. The second kappa shape index (κ2) is 4.21. The molecule has 1 aromatic heterocycles. The van der Waals surface area contributed by atoms with Crippen LogP contribution >= 0.6 is 0 Å². The van der Waals surface area contributed by atoms with Gasteiger partial charge in [-0.1, -0.05) is 0 Å². The van der Waals surface area contributed by atoms with Gasteiger partial charge in [0.15, 0.2) is 5.78 Å². The molecule has 4 nitrogen and oxygen atoms in total. The fourth-order valence-electron chi connectivity index (χ4n) is 1.67. The van der Waals surface area contributed by atoms with Crippen LogP contribution in [0.3, 0.4) is 0 Å². The smallest absolute Gasteiger partial charge is 0.239 e. The van der Waals surface area contributed by atoms with Gasteiger partial charge in [-0.15, -0.1) is 0 Å². The van der Waals surface area contributed by atoms with Gasteiger partial charge in [0, 0.05) is 18.8 Å². The van der Waals surface area contributed by atoms with Crippen LogP contribution in [0.25, 0.3) is 5.57 Å². The Labute approximate surface area is 88.0 Å². The molecule has 0 N–H and O–H groups in total. The highest BCUT2D eigenvalue weighted by Gasteiger charge is 2.16. The summed E-state index contributed by atoms with van der Waals surface area (Å²) < 4.78 is 5.11. The van der Waals surface area contributed by atoms with E-state index in [1.165, 1.54) is 0 Å². The SMILES string of the molecule is COc1nccnc1C1=CC(=O)CCC1. The number of allylic oxidation sites excluding steroid dienone is 2. The summed E-state index contributed by atoms with van der Waals surface area (Å²) in [5, 5.41) is 0. The Morgan fingerprint density at radius 1 is 1.27 bits per heavy atom. The number of ketones is 1. The fraction of sp³-hybridized carbons (Fsp3) is 0.364. The van der Waals surface area contributed by atoms with Gasteiger partial charge in [0.2, 0.25) is 5.88 Å². The summed E-state index contributed by atoms with van der Waals surface area (Å²) in [6, 6.07) is 0. The third kappa shape index (κ3) is 2.03. The maximum Gasteiger partial charge on any atom is 0.239 e. The molecule has 0 atom stereocenters. The minimum absolute atomic E-state index is 0.156. The first kappa shape index (κ1) is 9.83. The van der Waals surface area contributed by atoms with Crippen LogP contribution in [0.5, 0.6) is 5.88 Å². The van der Waals surface area contributed by atoms with Crippen LogP contribution in [0.15, 0.2) is 18.5 Å². The number of hydrogen-bond donors (Lipinski definition) is 0. The van der Waals surface area contributed by atoms with Crippen LogP contribution in [-0.2, 0) is 4.79 Å². The van der Waals surface area contributed by atoms with Gasteiger partial charge < -0.3 is 4.74 Å². The first-order valence-corrected chi connectivity index (χ1v) is 4.90. The van der Waals surface area contributed by atoms with Gasteiger partial charge in [-0.3, -0.25) is 4.79 Å². The maximum absolute atomic E-state index is 11.3. The largest absolute Gasteiger partial charge is 0.479 e. The maximum atomic E-state index is 11.3. The molecule has 0 saturated carbocycles. The van der Waals surface area contributed by atoms with Gasteiger partial charge >= 0.3 is 0 Å². The zero-order valence-electron chi connectivity index (χ0n) is 8.56. The Morgan fingerprint density at radius 2 is 2.07 bits per heavy atom. The molecule has 1 aromatic rings. The molecule has 78 valence electrons. The van der Waals surface area contributed by atoms with E-state index in [2.05, 4.69) is 9.97 Å². The summed E-state index contributed by atoms with van der Waals surface area (Å²) in [6.07, 6.45) is 7.21. The average molecular weight is 204 g/mol. The Bertz CT molecular complexity index is 413. The molecular weight excluding hydrogens is 192 g/mol. The zero-order valence-corrected chi connectivity index (χ0v) is 8.56. The molecule has 4 heteroatoms. The number of hydrogen-bond acceptors (Lipinski definition) is 4. The van der Waals surface area contributed by atoms with E-state index >= 15 is 0 Å². The van der Waals surface area contributed by atoms with Crippen molar-refractivity contribution < 1.29 is 9.53 Å². The molecule has 0 bridgehead atoms. The summed E-state index contributed by atoms with van der Waals surface area (Å²) in [5.74, 6) is 0.641. The molecule has 1 heterocycles. The second-order valence-corrected chi connectivity index (χ2v) is 3.40. The van der Waals surface area contributed by atoms with E-state index in [0.29, 0.717) is 18.0 Å². The Morgan fingerprint density at radius 3 is 2.80 bits per heavy atom. The zero-order chi connectivity index (χ0) is 10.7. The Balaban J connectivity index is 2.40. The summed E-state index contributed by atoms with van der Waals surface area (Å²) in [6.45, 7) is 0. The minimum Gasteiger partial charge on any atom is -0.479 e. The van der Waals surface area contributed by atoms with Crippen molar-refractivity contribution in [1.82, 2.24) is 9.97 Å². The quantitative estimate of drug-likeness (QED) is 0.734. The third-order valence-corrected chi connectivity index (χ3v) is 2.37. The third-order valence-electron chi connectivity index (χ3n) is 2.37. The number of carbonyl (C=O) groups excluding carboxylic acids is 1. The van der Waals surface area contributed by atoms with Crippen molar-refractivity contribution in [3.63, 3.8) is 0 Å². The Kier molecular flexibility index (Phi) is 2.76. The van der Waals surface area contributed by atoms with Crippen molar-refractivity contribution in [3.8, 4) is 5.88 Å². The van der Waals surface area contributed by atoms with Crippen LogP contribution in [0.4, 0.5) is 0 Å². The van der Waals surface area contributed by atoms with Crippen LogP contribution in [0, 0.1) is 0 Å². The minimum atomic E-state index is 0.156. The molecule has 0 fully saturated rings. The molecule has 15 heavy (non-hydrogen) atoms. The molecule has 1 aliphatic carbocycles. The van der Waals surface area contributed by atoms with Crippen molar-refractivity contribution in [2.75, 3.05) is 7.11 Å². The molecule has 0 amide bonds. The van der Waals surface area contributed by atoms with Crippen molar-refractivity contribution in [2.45, 2.75) is 19.3 Å². The normalized spacial score (nSPS) is 16.1. The topological polar surface area (TPSA) is 52.1 Å². The van der Waals surface area contributed by atoms with Crippen LogP contribution in [-0.4, -0.2) is 22.9 Å². The lowest BCUT2D eigenvalue weighted by atomic mass is 9.96. The summed E-state index contributed by atoms with van der Waals surface area (Å²) in [5.41, 5.74) is 1.62. The number of rotatable bonds is 2. The summed E-state index contributed by atoms with van der Waals surface area (Å²) in [7, 11) is 1.55. The molecule has 0 aliphatic heterocycles. The summed E-state index contributed by atoms with van der Waals surface area (Å²) in [4.78, 5) is 19.5. The average Bonchev–Trinajstić information content (AvgIpc) is 2.29. The first-order valence-electron chi connectivity index (χ1n) is 4.90. The van der Waals surface area contributed by atoms with E-state index in [4.69, 9.17) is 4.74 Å². The van der Waals surface area contributed by atoms with E-state index in [9.17, 15) is 4.79 Å². The highest BCUT2D eigenvalue weighted by Crippen LogP contribution is 2.28. The monoisotopic (exact) mass is 204 g/mol. The van der Waals surface area contributed by atoms with Crippen LogP contribution in [0.1, 0.15) is 25.0 Å². The predicted octanol–water partition coefficient (Wildman–Crippen LogP) is 1.62. The number of methoxy groups -OCH3 is 1. The number of carbonyl (C=O) groups is 1. The van der Waals surface area contributed by atoms with E-state index in [1.54, 1.807) is 25.6 Å². The van der Waals surface area contributed by atoms with E-state index in [1.807, 2.05) is 0 Å². The molecule has 0 radical (unpaired) electrons. The number of aromatic nitrogens is 2. The molecule has 0 saturated heterocycles. The van der Waals surface area contributed by atoms with Gasteiger partial charge in [0.1, 0.15) is 5.69 Å². The van der Waals surface area contributed by atoms with Crippen molar-refractivity contribution in [3.05, 3.63) is 24.2 Å². The van der Waals surface area contributed by atoms with E-state index in [0.717, 1.165) is 18.4 Å². The van der Waals surface area contributed by atoms with Gasteiger partial charge in [0.05, 0.1) is 7.11 Å². The van der Waals surface area contributed by atoms with Crippen molar-refractivity contribution in [2.24, 2.45) is 0 Å². The Hall–Kier alpha value is -1.71. The second-order valence-electron chi connectivity index (χ2n) is 3.40. The van der Waals surface area contributed by atoms with E-state index in [-0.39, 0.29) is 5.78 Å². The van der Waals surface area contributed by atoms with Gasteiger partial charge in [-0.2, -0.15) is 0 Å². The predicted molar refractivity (Wildman–Crippen MR) is 55.4 cm³/mol. The number of ether oxygens (including phenoxy) is 1. The first-order chi connectivity index (χ1) is 7.31. The van der Waals surface area contributed by atoms with Gasteiger partial charge in [0.25, 0.3) is 0 Å². The fourth-order valence-corrected chi connectivity index (χ4v) is 1.67. The lowest BCUT2D eigenvalue weighted by Gasteiger charge is -2.12. The molecule has 0 aromatic carbocycles. The molecular formula is C11H12N2O2. The molecule has 0 spiro atoms. The highest BCUT2D eigenvalue weighted by molar-refractivity contribution is 5.98. The lowest BCUT2D eigenvalue weighted by molar-refractivity contribution is -0.114. The molecule has 1 aliphatic rings. The van der Waals surface area contributed by atoms with E-state index < -0.39 is 0 Å². The van der Waals surface area contributed by atoms with Crippen LogP contribution in [0.2, 0.25) is 0 Å². The molecule has 2 rings (SSSR count). The van der Waals surface area contributed by atoms with Gasteiger partial charge in [-0.25, -0.2) is 9.97 Å². The number of nitrogens with zero attached hydrogens (tertiary/aromatic N) is 2. The standard InChI is InChI=1S/C11H12N2O2/c1-15-11-10(12-5-6-13-11)8-3-2-4-9(14)7-8/h5-7H,2-4H2,1H3. The lowest BCUT2D eigenvalue weighted by Crippen LogP contribution is -2.05. The van der Waals surface area contributed by atoms with Crippen LogP contribution < -0.4 is 4.74 Å². The highest BCUT2D eigenvalue weighted by atomic mass is 16.5. The summed E-state index contributed by atoms with van der Waals surface area (Å²) >= 11 is 0. The van der Waals surface area contributed by atoms with Crippen molar-refractivity contribution >= 4 is 11.4 Å². The van der Waals surface area contributed by atoms with Crippen molar-refractivity contribution in [1.29, 1.82) is 0 Å².